The van der Waals surface area contributed by atoms with Crippen LogP contribution in [0.25, 0.3) is 0 Å². The molecule has 5 heteroatoms. The van der Waals surface area contributed by atoms with Crippen molar-refractivity contribution >= 4 is 0 Å². The van der Waals surface area contributed by atoms with E-state index >= 15 is 0 Å². The second-order valence-corrected chi connectivity index (χ2v) is 2.49. The molecular formula is C8H8F2O3. The van der Waals surface area contributed by atoms with Crippen LogP contribution in [0.1, 0.15) is 5.56 Å². The second-order valence-electron chi connectivity index (χ2n) is 2.49. The molecule has 0 spiro atoms. The van der Waals surface area contributed by atoms with Crippen molar-refractivity contribution in [3.63, 3.8) is 0 Å². The zero-order chi connectivity index (χ0) is 10.0. The van der Waals surface area contributed by atoms with Gasteiger partial charge >= 0.3 is 0 Å². The van der Waals surface area contributed by atoms with Gasteiger partial charge in [-0.3, -0.25) is 0 Å². The number of benzene rings is 1. The Morgan fingerprint density at radius 2 is 1.54 bits per heavy atom. The summed E-state index contributed by atoms with van der Waals surface area (Å²) in [5.41, 5.74) is -0.514. The summed E-state index contributed by atoms with van der Waals surface area (Å²) < 4.78 is 25.8. The number of aliphatic hydroxyl groups is 1. The Kier molecular flexibility index (Phi) is 2.67. The van der Waals surface area contributed by atoms with Gasteiger partial charge < -0.3 is 15.3 Å². The fourth-order valence-corrected chi connectivity index (χ4v) is 0.993. The predicted octanol–water partition coefficient (Wildman–Crippen LogP) is 0.911. The quantitative estimate of drug-likeness (QED) is 0.649. The first-order valence-electron chi connectivity index (χ1n) is 3.57. The van der Waals surface area contributed by atoms with E-state index in [1.54, 1.807) is 0 Å². The van der Waals surface area contributed by atoms with Gasteiger partial charge in [-0.15, -0.1) is 0 Å². The van der Waals surface area contributed by atoms with Gasteiger partial charge in [0.05, 0.1) is 0 Å². The molecule has 0 amide bonds. The van der Waals surface area contributed by atoms with E-state index in [0.717, 1.165) is 0 Å². The van der Waals surface area contributed by atoms with Gasteiger partial charge in [0.25, 0.3) is 0 Å². The van der Waals surface area contributed by atoms with Crippen LogP contribution in [0.2, 0.25) is 0 Å². The van der Waals surface area contributed by atoms with Crippen molar-refractivity contribution in [3.8, 4) is 11.5 Å². The molecule has 0 bridgehead atoms. The molecule has 0 aromatic heterocycles. The van der Waals surface area contributed by atoms with Gasteiger partial charge in [-0.2, -0.15) is 0 Å². The molecule has 0 aliphatic heterocycles. The Hall–Kier alpha value is -1.36. The van der Waals surface area contributed by atoms with Crippen molar-refractivity contribution in [2.45, 2.75) is 6.42 Å². The van der Waals surface area contributed by atoms with Crippen LogP contribution in [-0.4, -0.2) is 21.9 Å². The highest BCUT2D eigenvalue weighted by atomic mass is 19.1. The van der Waals surface area contributed by atoms with Crippen LogP contribution in [-0.2, 0) is 6.42 Å². The first kappa shape index (κ1) is 9.73. The molecule has 3 N–H and O–H groups in total. The van der Waals surface area contributed by atoms with Gasteiger partial charge in [-0.05, 0) is 0 Å². The molecule has 13 heavy (non-hydrogen) atoms. The average molecular weight is 190 g/mol. The normalized spacial score (nSPS) is 10.4. The molecule has 0 saturated heterocycles. The van der Waals surface area contributed by atoms with Crippen LogP contribution in [0, 0.1) is 11.6 Å². The lowest BCUT2D eigenvalue weighted by Gasteiger charge is -2.06. The minimum atomic E-state index is -1.15. The van der Waals surface area contributed by atoms with Crippen molar-refractivity contribution in [3.05, 3.63) is 23.3 Å². The monoisotopic (exact) mass is 190 g/mol. The van der Waals surface area contributed by atoms with Gasteiger partial charge in [0, 0.05) is 24.7 Å². The highest BCUT2D eigenvalue weighted by molar-refractivity contribution is 5.40. The number of halogens is 2. The second kappa shape index (κ2) is 3.57. The number of hydrogen-bond donors (Lipinski definition) is 3. The summed E-state index contributed by atoms with van der Waals surface area (Å²) in [7, 11) is 0. The molecule has 0 aliphatic carbocycles. The fraction of sp³-hybridized carbons (Fsp3) is 0.250. The maximum absolute atomic E-state index is 12.9. The summed E-state index contributed by atoms with van der Waals surface area (Å²) in [6, 6.07) is 0.575. The first-order valence-corrected chi connectivity index (χ1v) is 3.57. The van der Waals surface area contributed by atoms with E-state index in [0.29, 0.717) is 6.07 Å². The van der Waals surface area contributed by atoms with Gasteiger partial charge in [-0.25, -0.2) is 8.78 Å². The molecule has 1 aromatic carbocycles. The summed E-state index contributed by atoms with van der Waals surface area (Å²) in [4.78, 5) is 0. The lowest BCUT2D eigenvalue weighted by atomic mass is 10.1. The Balaban J connectivity index is 3.28. The third-order valence-electron chi connectivity index (χ3n) is 1.61. The van der Waals surface area contributed by atoms with Crippen LogP contribution in [0.5, 0.6) is 11.5 Å². The topological polar surface area (TPSA) is 60.7 Å². The summed E-state index contributed by atoms with van der Waals surface area (Å²) in [6.45, 7) is -0.462. The van der Waals surface area contributed by atoms with Crippen LogP contribution in [0.15, 0.2) is 6.07 Å². The summed E-state index contributed by atoms with van der Waals surface area (Å²) in [5, 5.41) is 26.2. The summed E-state index contributed by atoms with van der Waals surface area (Å²) in [6.07, 6.45) is -0.292. The molecule has 0 unspecified atom stereocenters. The molecule has 0 saturated carbocycles. The molecule has 0 radical (unpaired) electrons. The van der Waals surface area contributed by atoms with E-state index in [1.165, 1.54) is 0 Å². The SMILES string of the molecule is OCCc1c(F)c(O)cc(O)c1F. The minimum Gasteiger partial charge on any atom is -0.505 e. The summed E-state index contributed by atoms with van der Waals surface area (Å²) in [5.74, 6) is -3.96. The number of hydrogen-bond acceptors (Lipinski definition) is 3. The number of aliphatic hydroxyl groups excluding tert-OH is 1. The number of phenolic OH excluding ortho intramolecular Hbond substituents is 2. The predicted molar refractivity (Wildman–Crippen MR) is 40.5 cm³/mol. The highest BCUT2D eigenvalue weighted by Crippen LogP contribution is 2.29. The molecule has 0 atom stereocenters. The molecule has 0 aliphatic rings. The maximum Gasteiger partial charge on any atom is 0.171 e. The minimum absolute atomic E-state index is 0.292. The van der Waals surface area contributed by atoms with E-state index in [2.05, 4.69) is 0 Å². The third-order valence-corrected chi connectivity index (χ3v) is 1.61. The van der Waals surface area contributed by atoms with Crippen LogP contribution >= 0.6 is 0 Å². The van der Waals surface area contributed by atoms with Crippen LogP contribution in [0.3, 0.4) is 0 Å². The Morgan fingerprint density at radius 1 is 1.08 bits per heavy atom. The van der Waals surface area contributed by atoms with Crippen LogP contribution in [0.4, 0.5) is 8.78 Å². The Bertz CT molecular complexity index is 299. The van der Waals surface area contributed by atoms with Crippen molar-refractivity contribution in [1.29, 1.82) is 0 Å². The molecule has 0 fully saturated rings. The number of phenols is 2. The van der Waals surface area contributed by atoms with E-state index < -0.39 is 35.3 Å². The number of aromatic hydroxyl groups is 2. The molecule has 1 aromatic rings. The van der Waals surface area contributed by atoms with Gasteiger partial charge in [0.15, 0.2) is 23.1 Å². The largest absolute Gasteiger partial charge is 0.505 e. The standard InChI is InChI=1S/C8H8F2O3/c9-7-4(1-2-11)8(10)6(13)3-5(7)12/h3,11-13H,1-2H2. The smallest absolute Gasteiger partial charge is 0.171 e. The molecule has 1 rings (SSSR count). The van der Waals surface area contributed by atoms with E-state index in [9.17, 15) is 8.78 Å². The lowest BCUT2D eigenvalue weighted by molar-refractivity contribution is 0.292. The van der Waals surface area contributed by atoms with Gasteiger partial charge in [0.1, 0.15) is 0 Å². The van der Waals surface area contributed by atoms with E-state index in [1.807, 2.05) is 0 Å². The van der Waals surface area contributed by atoms with Gasteiger partial charge in [0.2, 0.25) is 0 Å². The van der Waals surface area contributed by atoms with Crippen molar-refractivity contribution in [2.75, 3.05) is 6.61 Å². The zero-order valence-electron chi connectivity index (χ0n) is 6.59. The first-order chi connectivity index (χ1) is 6.07. The highest BCUT2D eigenvalue weighted by Gasteiger charge is 2.16. The maximum atomic E-state index is 12.9. The summed E-state index contributed by atoms with van der Waals surface area (Å²) >= 11 is 0. The van der Waals surface area contributed by atoms with Gasteiger partial charge in [-0.1, -0.05) is 0 Å². The van der Waals surface area contributed by atoms with E-state index in [4.69, 9.17) is 15.3 Å². The lowest BCUT2D eigenvalue weighted by Crippen LogP contribution is -1.99. The fourth-order valence-electron chi connectivity index (χ4n) is 0.993. The molecular weight excluding hydrogens is 182 g/mol. The van der Waals surface area contributed by atoms with E-state index in [-0.39, 0.29) is 6.42 Å². The average Bonchev–Trinajstić information content (AvgIpc) is 2.09. The number of rotatable bonds is 2. The third kappa shape index (κ3) is 1.70. The van der Waals surface area contributed by atoms with Crippen LogP contribution < -0.4 is 0 Å². The Morgan fingerprint density at radius 3 is 1.92 bits per heavy atom. The van der Waals surface area contributed by atoms with Crippen molar-refractivity contribution < 1.29 is 24.1 Å². The Labute approximate surface area is 72.9 Å². The zero-order valence-corrected chi connectivity index (χ0v) is 6.59. The molecule has 0 heterocycles. The van der Waals surface area contributed by atoms with Crippen molar-refractivity contribution in [1.82, 2.24) is 0 Å². The molecule has 72 valence electrons. The molecule has 3 nitrogen and oxygen atoms in total. The van der Waals surface area contributed by atoms with Crippen molar-refractivity contribution in [2.24, 2.45) is 0 Å².